The summed E-state index contributed by atoms with van der Waals surface area (Å²) in [7, 11) is -3.18. The smallest absolute Gasteiger partial charge is 0.220 e. The van der Waals surface area contributed by atoms with Crippen LogP contribution < -0.4 is 5.32 Å². The van der Waals surface area contributed by atoms with Crippen molar-refractivity contribution in [1.82, 2.24) is 9.62 Å². The number of nitrogens with one attached hydrogen (secondary N) is 1. The highest BCUT2D eigenvalue weighted by atomic mass is 79.9. The summed E-state index contributed by atoms with van der Waals surface area (Å²) in [6, 6.07) is 7.75. The van der Waals surface area contributed by atoms with Crippen LogP contribution in [0.1, 0.15) is 24.8 Å². The summed E-state index contributed by atoms with van der Waals surface area (Å²) < 4.78 is 25.6. The SMILES string of the molecule is CS(=O)(=O)N1CCCC(NC(=O)CCc2ccccc2Br)C1. The van der Waals surface area contributed by atoms with Gasteiger partial charge in [-0.3, -0.25) is 4.79 Å². The van der Waals surface area contributed by atoms with Crippen LogP contribution in [0.5, 0.6) is 0 Å². The molecule has 1 unspecified atom stereocenters. The Morgan fingerprint density at radius 3 is 2.82 bits per heavy atom. The molecule has 0 spiro atoms. The number of sulfonamides is 1. The zero-order valence-electron chi connectivity index (χ0n) is 12.6. The number of carbonyl (C=O) groups excluding carboxylic acids is 1. The van der Waals surface area contributed by atoms with Crippen molar-refractivity contribution in [1.29, 1.82) is 0 Å². The molecule has 1 N–H and O–H groups in total. The Labute approximate surface area is 140 Å². The van der Waals surface area contributed by atoms with Gasteiger partial charge in [-0.1, -0.05) is 34.1 Å². The number of hydrogen-bond acceptors (Lipinski definition) is 3. The van der Waals surface area contributed by atoms with Crippen molar-refractivity contribution >= 4 is 31.9 Å². The molecule has 0 aromatic heterocycles. The van der Waals surface area contributed by atoms with Gasteiger partial charge in [0.1, 0.15) is 0 Å². The van der Waals surface area contributed by atoms with Gasteiger partial charge in [-0.2, -0.15) is 0 Å². The fourth-order valence-corrected chi connectivity index (χ4v) is 4.01. The highest BCUT2D eigenvalue weighted by Crippen LogP contribution is 2.18. The lowest BCUT2D eigenvalue weighted by Crippen LogP contribution is -2.49. The van der Waals surface area contributed by atoms with Gasteiger partial charge in [0.05, 0.1) is 6.26 Å². The lowest BCUT2D eigenvalue weighted by atomic mass is 10.1. The molecule has 7 heteroatoms. The number of nitrogens with zero attached hydrogens (tertiary/aromatic N) is 1. The molecule has 1 aliphatic rings. The lowest BCUT2D eigenvalue weighted by Gasteiger charge is -2.31. The normalized spacial score (nSPS) is 19.8. The maximum Gasteiger partial charge on any atom is 0.220 e. The molecule has 1 aromatic rings. The zero-order chi connectivity index (χ0) is 16.2. The molecular weight excluding hydrogens is 368 g/mol. The predicted molar refractivity (Wildman–Crippen MR) is 90.0 cm³/mol. The van der Waals surface area contributed by atoms with E-state index in [1.165, 1.54) is 10.6 Å². The molecule has 1 fully saturated rings. The maximum atomic E-state index is 12.1. The van der Waals surface area contributed by atoms with Crippen LogP contribution in [0.3, 0.4) is 0 Å². The van der Waals surface area contributed by atoms with Crippen molar-refractivity contribution < 1.29 is 13.2 Å². The molecule has 0 saturated carbocycles. The number of rotatable bonds is 5. The Morgan fingerprint density at radius 2 is 2.14 bits per heavy atom. The molecule has 0 bridgehead atoms. The molecule has 5 nitrogen and oxygen atoms in total. The summed E-state index contributed by atoms with van der Waals surface area (Å²) in [6.45, 7) is 0.918. The van der Waals surface area contributed by atoms with Gasteiger partial charge in [0.15, 0.2) is 0 Å². The van der Waals surface area contributed by atoms with Gasteiger partial charge in [-0.15, -0.1) is 0 Å². The Morgan fingerprint density at radius 1 is 1.41 bits per heavy atom. The van der Waals surface area contributed by atoms with E-state index in [2.05, 4.69) is 21.2 Å². The average molecular weight is 389 g/mol. The first kappa shape index (κ1) is 17.4. The first-order chi connectivity index (χ1) is 10.4. The summed E-state index contributed by atoms with van der Waals surface area (Å²) in [5.41, 5.74) is 1.10. The molecular formula is C15H21BrN2O3S. The minimum absolute atomic E-state index is 0.0314. The number of halogens is 1. The van der Waals surface area contributed by atoms with Gasteiger partial charge >= 0.3 is 0 Å². The van der Waals surface area contributed by atoms with E-state index in [0.717, 1.165) is 22.9 Å². The number of amides is 1. The Hall–Kier alpha value is -0.920. The zero-order valence-corrected chi connectivity index (χ0v) is 15.0. The molecule has 1 heterocycles. The summed E-state index contributed by atoms with van der Waals surface area (Å²) >= 11 is 3.47. The van der Waals surface area contributed by atoms with Crippen molar-refractivity contribution in [3.05, 3.63) is 34.3 Å². The van der Waals surface area contributed by atoms with Crippen LogP contribution in [0.25, 0.3) is 0 Å². The van der Waals surface area contributed by atoms with Gasteiger partial charge in [-0.25, -0.2) is 12.7 Å². The van der Waals surface area contributed by atoms with E-state index in [4.69, 9.17) is 0 Å². The molecule has 1 aliphatic heterocycles. The number of aryl methyl sites for hydroxylation is 1. The number of carbonyl (C=O) groups is 1. The Bertz CT molecular complexity index is 633. The standard InChI is InChI=1S/C15H21BrN2O3S/c1-22(20,21)18-10-4-6-13(11-18)17-15(19)9-8-12-5-2-3-7-14(12)16/h2-3,5,7,13H,4,6,8-11H2,1H3,(H,17,19). The van der Waals surface area contributed by atoms with Gasteiger partial charge in [0, 0.05) is 30.0 Å². The van der Waals surface area contributed by atoms with Gasteiger partial charge in [-0.05, 0) is 30.9 Å². The summed E-state index contributed by atoms with van der Waals surface area (Å²) in [6.07, 6.45) is 3.88. The van der Waals surface area contributed by atoms with Gasteiger partial charge < -0.3 is 5.32 Å². The Balaban J connectivity index is 1.83. The maximum absolute atomic E-state index is 12.1. The van der Waals surface area contributed by atoms with Crippen LogP contribution in [0.15, 0.2) is 28.7 Å². The van der Waals surface area contributed by atoms with Gasteiger partial charge in [0.2, 0.25) is 15.9 Å². The molecule has 0 aliphatic carbocycles. The first-order valence-corrected chi connectivity index (χ1v) is 9.98. The van der Waals surface area contributed by atoms with Crippen LogP contribution >= 0.6 is 15.9 Å². The third kappa shape index (κ3) is 5.07. The van der Waals surface area contributed by atoms with E-state index in [1.807, 2.05) is 24.3 Å². The van der Waals surface area contributed by atoms with E-state index in [1.54, 1.807) is 0 Å². The molecule has 0 radical (unpaired) electrons. The van der Waals surface area contributed by atoms with Crippen molar-refractivity contribution in [3.63, 3.8) is 0 Å². The van der Waals surface area contributed by atoms with Crippen LogP contribution in [0.4, 0.5) is 0 Å². The second-order valence-electron chi connectivity index (χ2n) is 5.62. The highest BCUT2D eigenvalue weighted by molar-refractivity contribution is 9.10. The summed E-state index contributed by atoms with van der Waals surface area (Å²) in [5.74, 6) is -0.0314. The van der Waals surface area contributed by atoms with Crippen molar-refractivity contribution in [2.45, 2.75) is 31.7 Å². The van der Waals surface area contributed by atoms with Crippen LogP contribution in [0, 0.1) is 0 Å². The third-order valence-electron chi connectivity index (χ3n) is 3.80. The molecule has 1 aromatic carbocycles. The molecule has 122 valence electrons. The average Bonchev–Trinajstić information content (AvgIpc) is 2.46. The number of benzene rings is 1. The van der Waals surface area contributed by atoms with Crippen LogP contribution in [0.2, 0.25) is 0 Å². The summed E-state index contributed by atoms with van der Waals surface area (Å²) in [4.78, 5) is 12.1. The van der Waals surface area contributed by atoms with Crippen molar-refractivity contribution in [2.24, 2.45) is 0 Å². The monoisotopic (exact) mass is 388 g/mol. The molecule has 1 amide bonds. The van der Waals surface area contributed by atoms with E-state index < -0.39 is 10.0 Å². The Kier molecular flexibility index (Phi) is 6.00. The van der Waals surface area contributed by atoms with Crippen molar-refractivity contribution in [3.8, 4) is 0 Å². The fourth-order valence-electron chi connectivity index (χ4n) is 2.61. The molecule has 1 atom stereocenters. The minimum Gasteiger partial charge on any atom is -0.352 e. The third-order valence-corrected chi connectivity index (χ3v) is 5.84. The highest BCUT2D eigenvalue weighted by Gasteiger charge is 2.26. The van der Waals surface area contributed by atoms with E-state index in [-0.39, 0.29) is 11.9 Å². The second kappa shape index (κ2) is 7.57. The lowest BCUT2D eigenvalue weighted by molar-refractivity contribution is -0.122. The largest absolute Gasteiger partial charge is 0.352 e. The second-order valence-corrected chi connectivity index (χ2v) is 8.46. The summed E-state index contributed by atoms with van der Waals surface area (Å²) in [5, 5.41) is 2.95. The fraction of sp³-hybridized carbons (Fsp3) is 0.533. The topological polar surface area (TPSA) is 66.5 Å². The quantitative estimate of drug-likeness (QED) is 0.837. The van der Waals surface area contributed by atoms with E-state index >= 15 is 0 Å². The minimum atomic E-state index is -3.18. The number of piperidine rings is 1. The molecule has 22 heavy (non-hydrogen) atoms. The van der Waals surface area contributed by atoms with E-state index in [9.17, 15) is 13.2 Å². The molecule has 1 saturated heterocycles. The first-order valence-electron chi connectivity index (χ1n) is 7.34. The van der Waals surface area contributed by atoms with Crippen molar-refractivity contribution in [2.75, 3.05) is 19.3 Å². The van der Waals surface area contributed by atoms with Crippen LogP contribution in [-0.2, 0) is 21.2 Å². The predicted octanol–water partition coefficient (Wildman–Crippen LogP) is 1.92. The molecule has 2 rings (SSSR count). The van der Waals surface area contributed by atoms with Crippen LogP contribution in [-0.4, -0.2) is 44.0 Å². The van der Waals surface area contributed by atoms with E-state index in [0.29, 0.717) is 25.9 Å². The van der Waals surface area contributed by atoms with Gasteiger partial charge in [0.25, 0.3) is 0 Å². The number of hydrogen-bond donors (Lipinski definition) is 1.